The molecule has 71 heavy (non-hydrogen) atoms. The van der Waals surface area contributed by atoms with Crippen LogP contribution in [-0.2, 0) is 20.6 Å². The molecular weight excluding hydrogens is 969 g/mol. The fourth-order valence-corrected chi connectivity index (χ4v) is 29.6. The monoisotopic (exact) mass is 1020 g/mol. The molecule has 0 unspecified atom stereocenters. The summed E-state index contributed by atoms with van der Waals surface area (Å²) in [5.74, 6) is 0. The van der Waals surface area contributed by atoms with E-state index in [0.717, 1.165) is 51.9 Å². The lowest BCUT2D eigenvalue weighted by atomic mass is 10.3. The standard InChI is InChI=1S/C60H50O5Si6/c1-11-31-51(32-12-1)66(62-68(53-35-15-3-16-36-53)64-70(55-39-19-5-20-40-55,56-41-21-6-22-42-56)57-43-23-7-24-44-57)61-67(52-33-13-2-14-34-52)63-69(54-37-17-4-18-38-54)65-71(58-45-25-8-26-46-58,59-47-27-9-28-48-59)60-49-29-10-30-50-60/h1-50H. The fraction of sp³-hybridized carbons (Fsp3) is 0. The van der Waals surface area contributed by atoms with E-state index in [1.54, 1.807) is 0 Å². The molecule has 4 radical (unpaired) electrons. The van der Waals surface area contributed by atoms with Gasteiger partial charge >= 0.3 is 37.1 Å². The Labute approximate surface area is 426 Å². The Morgan fingerprint density at radius 3 is 0.535 bits per heavy atom. The predicted molar refractivity (Wildman–Crippen MR) is 301 cm³/mol. The molecule has 0 atom stereocenters. The van der Waals surface area contributed by atoms with Gasteiger partial charge in [0.05, 0.1) is 0 Å². The van der Waals surface area contributed by atoms with Crippen molar-refractivity contribution in [3.63, 3.8) is 0 Å². The summed E-state index contributed by atoms with van der Waals surface area (Å²) in [7, 11) is -16.2. The maximum atomic E-state index is 8.01. The van der Waals surface area contributed by atoms with Gasteiger partial charge in [-0.1, -0.05) is 303 Å². The van der Waals surface area contributed by atoms with Crippen molar-refractivity contribution < 1.29 is 20.6 Å². The topological polar surface area (TPSA) is 46.2 Å². The third-order valence-electron chi connectivity index (χ3n) is 12.2. The van der Waals surface area contributed by atoms with Gasteiger partial charge in [-0.3, -0.25) is 0 Å². The largest absolute Gasteiger partial charge is 0.421 e. The SMILES string of the molecule is c1ccc([Si](O[Si](O[Si](O[Si](c2ccccc2)(c2ccccc2)c2ccccc2)c2ccccc2)c2ccccc2)O[Si](O[Si](c2ccccc2)(c2ccccc2)c2ccccc2)c2ccccc2)cc1. The Bertz CT molecular complexity index is 2720. The molecule has 0 heterocycles. The molecule has 0 fully saturated rings. The van der Waals surface area contributed by atoms with Crippen molar-refractivity contribution in [1.82, 2.24) is 0 Å². The summed E-state index contributed by atoms with van der Waals surface area (Å²) < 4.78 is 39.1. The van der Waals surface area contributed by atoms with Crippen LogP contribution in [0.4, 0.5) is 0 Å². The highest BCUT2D eigenvalue weighted by Crippen LogP contribution is 2.17. The molecule has 0 saturated carbocycles. The smallest absolute Gasteiger partial charge is 0.405 e. The quantitative estimate of drug-likeness (QED) is 0.0695. The van der Waals surface area contributed by atoms with Crippen LogP contribution in [0.1, 0.15) is 0 Å². The molecule has 10 aromatic carbocycles. The van der Waals surface area contributed by atoms with Crippen molar-refractivity contribution in [2.75, 3.05) is 0 Å². The first-order valence-electron chi connectivity index (χ1n) is 23.6. The summed E-state index contributed by atoms with van der Waals surface area (Å²) in [6, 6.07) is 106. The zero-order valence-electron chi connectivity index (χ0n) is 38.9. The molecule has 0 spiro atoms. The maximum Gasteiger partial charge on any atom is 0.405 e. The predicted octanol–water partition coefficient (Wildman–Crippen LogP) is 5.99. The molecule has 0 N–H and O–H groups in total. The van der Waals surface area contributed by atoms with Crippen molar-refractivity contribution in [3.05, 3.63) is 303 Å². The van der Waals surface area contributed by atoms with E-state index in [0.29, 0.717) is 0 Å². The van der Waals surface area contributed by atoms with Crippen LogP contribution in [0.25, 0.3) is 0 Å². The molecule has 5 nitrogen and oxygen atoms in total. The second kappa shape index (κ2) is 23.5. The molecule has 344 valence electrons. The van der Waals surface area contributed by atoms with Crippen molar-refractivity contribution in [2.24, 2.45) is 0 Å². The van der Waals surface area contributed by atoms with Crippen LogP contribution < -0.4 is 51.9 Å². The molecular formula is C60H50O5Si6. The van der Waals surface area contributed by atoms with E-state index in [1.165, 1.54) is 0 Å². The van der Waals surface area contributed by atoms with Gasteiger partial charge in [-0.05, 0) is 51.9 Å². The van der Waals surface area contributed by atoms with Crippen LogP contribution in [0.3, 0.4) is 0 Å². The minimum Gasteiger partial charge on any atom is -0.421 e. The third-order valence-corrected chi connectivity index (χ3v) is 30.6. The van der Waals surface area contributed by atoms with E-state index in [4.69, 9.17) is 20.6 Å². The maximum absolute atomic E-state index is 8.01. The Hall–Kier alpha value is -6.70. The first-order valence-corrected chi connectivity index (χ1v) is 32.7. The van der Waals surface area contributed by atoms with Crippen LogP contribution >= 0.6 is 0 Å². The van der Waals surface area contributed by atoms with Gasteiger partial charge in [0.1, 0.15) is 0 Å². The van der Waals surface area contributed by atoms with E-state index < -0.39 is 53.8 Å². The molecule has 0 aliphatic rings. The molecule has 0 aliphatic heterocycles. The zero-order valence-corrected chi connectivity index (χ0v) is 44.9. The van der Waals surface area contributed by atoms with E-state index in [2.05, 4.69) is 279 Å². The van der Waals surface area contributed by atoms with Gasteiger partial charge in [0.15, 0.2) is 0 Å². The highest BCUT2D eigenvalue weighted by atomic mass is 28.5. The van der Waals surface area contributed by atoms with E-state index in [-0.39, 0.29) is 0 Å². The van der Waals surface area contributed by atoms with Crippen LogP contribution in [0.15, 0.2) is 303 Å². The Morgan fingerprint density at radius 2 is 0.338 bits per heavy atom. The van der Waals surface area contributed by atoms with Crippen LogP contribution in [0.5, 0.6) is 0 Å². The lowest BCUT2D eigenvalue weighted by molar-refractivity contribution is 0.350. The number of rotatable bonds is 20. The lowest BCUT2D eigenvalue weighted by Gasteiger charge is -2.37. The number of hydrogen-bond donors (Lipinski definition) is 0. The van der Waals surface area contributed by atoms with Gasteiger partial charge in [0, 0.05) is 0 Å². The van der Waals surface area contributed by atoms with Crippen LogP contribution in [-0.4, -0.2) is 53.8 Å². The van der Waals surface area contributed by atoms with Gasteiger partial charge in [-0.25, -0.2) is 0 Å². The molecule has 0 amide bonds. The highest BCUT2D eigenvalue weighted by molar-refractivity contribution is 7.11. The molecule has 0 bridgehead atoms. The van der Waals surface area contributed by atoms with Crippen LogP contribution in [0.2, 0.25) is 0 Å². The van der Waals surface area contributed by atoms with Crippen molar-refractivity contribution >= 4 is 106 Å². The van der Waals surface area contributed by atoms with Gasteiger partial charge in [0.25, 0.3) is 16.6 Å². The van der Waals surface area contributed by atoms with Crippen molar-refractivity contribution in [3.8, 4) is 0 Å². The van der Waals surface area contributed by atoms with Gasteiger partial charge < -0.3 is 20.6 Å². The minimum atomic E-state index is -3.29. The average Bonchev–Trinajstić information content (AvgIpc) is 3.47. The average molecular weight is 1020 g/mol. The van der Waals surface area contributed by atoms with E-state index in [1.807, 2.05) is 24.3 Å². The Kier molecular flexibility index (Phi) is 15.9. The summed E-state index contributed by atoms with van der Waals surface area (Å²) >= 11 is 0. The summed E-state index contributed by atoms with van der Waals surface area (Å²) in [5, 5.41) is 10.6. The third kappa shape index (κ3) is 11.0. The summed E-state index contributed by atoms with van der Waals surface area (Å²) in [6.07, 6.45) is 0. The van der Waals surface area contributed by atoms with E-state index in [9.17, 15) is 0 Å². The second-order valence-corrected chi connectivity index (χ2v) is 31.6. The Morgan fingerprint density at radius 1 is 0.183 bits per heavy atom. The summed E-state index contributed by atoms with van der Waals surface area (Å²) in [6.45, 7) is 0. The zero-order chi connectivity index (χ0) is 48.0. The molecule has 11 heteroatoms. The number of benzene rings is 10. The Balaban J connectivity index is 1.11. The van der Waals surface area contributed by atoms with E-state index >= 15 is 0 Å². The first-order chi connectivity index (χ1) is 35.2. The molecule has 0 aliphatic carbocycles. The minimum absolute atomic E-state index is 0.948. The van der Waals surface area contributed by atoms with Crippen LogP contribution in [0, 0.1) is 0 Å². The molecule has 0 aromatic heterocycles. The summed E-state index contributed by atoms with van der Waals surface area (Å²) in [4.78, 5) is 0. The lowest BCUT2D eigenvalue weighted by Crippen LogP contribution is -2.73. The van der Waals surface area contributed by atoms with Gasteiger partial charge in [0.2, 0.25) is 0 Å². The fourth-order valence-electron chi connectivity index (χ4n) is 8.77. The normalized spacial score (nSPS) is 11.9. The molecule has 0 saturated heterocycles. The molecule has 10 rings (SSSR count). The van der Waals surface area contributed by atoms with Crippen molar-refractivity contribution in [1.29, 1.82) is 0 Å². The van der Waals surface area contributed by atoms with Crippen molar-refractivity contribution in [2.45, 2.75) is 0 Å². The summed E-state index contributed by atoms with van der Waals surface area (Å²) in [5.41, 5.74) is 0. The second-order valence-electron chi connectivity index (χ2n) is 16.7. The highest BCUT2D eigenvalue weighted by Gasteiger charge is 2.49. The molecule has 10 aromatic rings. The van der Waals surface area contributed by atoms with Gasteiger partial charge in [-0.2, -0.15) is 0 Å². The van der Waals surface area contributed by atoms with Gasteiger partial charge in [-0.15, -0.1) is 0 Å². The number of hydrogen-bond acceptors (Lipinski definition) is 5. The first kappa shape index (κ1) is 48.0.